The maximum atomic E-state index is 5.22. The first-order valence-corrected chi connectivity index (χ1v) is 1.91. The summed E-state index contributed by atoms with van der Waals surface area (Å²) in [7, 11) is 0. The van der Waals surface area contributed by atoms with E-state index < -0.39 is 0 Å². The van der Waals surface area contributed by atoms with E-state index in [9.17, 15) is 0 Å². The molecule has 1 aromatic heterocycles. The summed E-state index contributed by atoms with van der Waals surface area (Å²) in [6.45, 7) is 0. The molecule has 4 heteroatoms. The van der Waals surface area contributed by atoms with E-state index in [-0.39, 0.29) is 0 Å². The summed E-state index contributed by atoms with van der Waals surface area (Å²) in [4.78, 5) is 7.30. The SMILES string of the molecule is Nc1ccncn1.[2H]Cl. The Balaban J connectivity index is 0.000000291. The Bertz CT molecular complexity index is 146. The molecule has 1 rings (SSSR count). The topological polar surface area (TPSA) is 51.8 Å². The van der Waals surface area contributed by atoms with Crippen LogP contribution in [0.1, 0.15) is 0 Å². The summed E-state index contributed by atoms with van der Waals surface area (Å²) in [5.41, 5.74) is 5.21. The van der Waals surface area contributed by atoms with E-state index in [2.05, 4.69) is 22.3 Å². The van der Waals surface area contributed by atoms with Gasteiger partial charge in [0.1, 0.15) is 13.3 Å². The number of nitrogens with zero attached hydrogens (tertiary/aromatic N) is 2. The number of anilines is 1. The monoisotopic (exact) mass is 132 g/mol. The molecule has 0 saturated heterocycles. The number of nitrogen functional groups attached to an aromatic ring is 1. The number of hydrogen-bond acceptors (Lipinski definition) is 3. The summed E-state index contributed by atoms with van der Waals surface area (Å²) in [6.07, 6.45) is 3.01. The molecule has 0 aromatic carbocycles. The third-order valence-electron chi connectivity index (χ3n) is 0.605. The summed E-state index contributed by atoms with van der Waals surface area (Å²) in [6, 6.07) is 1.64. The molecular weight excluding hydrogens is 126 g/mol. The maximum Gasteiger partial charge on any atom is 0.147 e. The van der Waals surface area contributed by atoms with Gasteiger partial charge in [0.2, 0.25) is 0 Å². The second-order valence-corrected chi connectivity index (χ2v) is 1.13. The van der Waals surface area contributed by atoms with Crippen molar-refractivity contribution in [1.29, 1.82) is 1.17 Å². The highest BCUT2D eigenvalue weighted by atomic mass is 35.5. The van der Waals surface area contributed by atoms with Gasteiger partial charge in [0.25, 0.3) is 0 Å². The summed E-state index contributed by atoms with van der Waals surface area (Å²) in [5, 5.41) is 0. The molecule has 0 bridgehead atoms. The predicted molar refractivity (Wildman–Crippen MR) is 33.7 cm³/mol. The zero-order valence-electron chi connectivity index (χ0n) is 5.08. The third kappa shape index (κ3) is 1.75. The van der Waals surface area contributed by atoms with E-state index >= 15 is 0 Å². The fraction of sp³-hybridized carbons (Fsp3) is 0. The smallest absolute Gasteiger partial charge is 0.147 e. The van der Waals surface area contributed by atoms with Crippen molar-refractivity contribution >= 4 is 18.1 Å². The zero-order valence-corrected chi connectivity index (χ0v) is 4.84. The van der Waals surface area contributed by atoms with E-state index in [4.69, 9.17) is 6.91 Å². The molecule has 0 saturated carbocycles. The van der Waals surface area contributed by atoms with Gasteiger partial charge in [-0.1, -0.05) is 0 Å². The van der Waals surface area contributed by atoms with Crippen LogP contribution in [0.15, 0.2) is 18.6 Å². The van der Waals surface area contributed by atoms with Gasteiger partial charge in [-0.15, -0.1) is 12.3 Å². The average Bonchev–Trinajstić information content (AvgIpc) is 1.94. The first-order chi connectivity index (χ1) is 4.39. The first kappa shape index (κ1) is 5.31. The van der Waals surface area contributed by atoms with Crippen molar-refractivity contribution in [2.45, 2.75) is 0 Å². The van der Waals surface area contributed by atoms with Crippen molar-refractivity contribution in [3.63, 3.8) is 0 Å². The molecule has 3 nitrogen and oxygen atoms in total. The fourth-order valence-electron chi connectivity index (χ4n) is 0.301. The Morgan fingerprint density at radius 1 is 1.75 bits per heavy atom. The molecule has 0 radical (unpaired) electrons. The molecule has 0 spiro atoms. The Labute approximate surface area is 54.5 Å². The van der Waals surface area contributed by atoms with Crippen molar-refractivity contribution in [2.75, 3.05) is 5.73 Å². The number of hydrogen-bond donors (Lipinski definition) is 1. The van der Waals surface area contributed by atoms with Crippen LogP contribution in [0.25, 0.3) is 0 Å². The van der Waals surface area contributed by atoms with Gasteiger partial charge in [-0.3, -0.25) is 0 Å². The summed E-state index contributed by atoms with van der Waals surface area (Å²) in [5.74, 6) is 0.509. The highest BCUT2D eigenvalue weighted by molar-refractivity contribution is 5.85. The Morgan fingerprint density at radius 2 is 2.50 bits per heavy atom. The Kier molecular flexibility index (Phi) is 2.13. The molecule has 1 aromatic rings. The Hall–Kier alpha value is -0.830. The second-order valence-electron chi connectivity index (χ2n) is 1.13. The fourth-order valence-corrected chi connectivity index (χ4v) is 0.301. The van der Waals surface area contributed by atoms with Gasteiger partial charge in [-0.2, -0.15) is 0 Å². The molecule has 1 heterocycles. The van der Waals surface area contributed by atoms with Crippen LogP contribution in [0.4, 0.5) is 5.82 Å². The minimum Gasteiger partial charge on any atom is -0.384 e. The van der Waals surface area contributed by atoms with E-state index in [0.29, 0.717) is 5.82 Å². The van der Waals surface area contributed by atoms with Gasteiger partial charge in [0.05, 0.1) is 0 Å². The summed E-state index contributed by atoms with van der Waals surface area (Å²) >= 11 is 3.89. The largest absolute Gasteiger partial charge is 0.384 e. The second kappa shape index (κ2) is 3.21. The molecule has 0 aliphatic carbocycles. The lowest BCUT2D eigenvalue weighted by atomic mass is 10.6. The van der Waals surface area contributed by atoms with Gasteiger partial charge in [0.15, 0.2) is 0 Å². The highest BCUT2D eigenvalue weighted by Crippen LogP contribution is 1.85. The first-order valence-electron chi connectivity index (χ1n) is 2.29. The number of nitrogens with two attached hydrogens (primary N) is 1. The molecule has 0 amide bonds. The lowest BCUT2D eigenvalue weighted by Crippen LogP contribution is -1.87. The van der Waals surface area contributed by atoms with Crippen LogP contribution in [0, 0.1) is 0 Å². The van der Waals surface area contributed by atoms with Crippen LogP contribution in [0.2, 0.25) is 0 Å². The lowest BCUT2D eigenvalue weighted by molar-refractivity contribution is 1.18. The van der Waals surface area contributed by atoms with Crippen molar-refractivity contribution in [1.82, 2.24) is 9.97 Å². The standard InChI is InChI=1S/C4H5N3.ClH/c5-4-1-2-6-3-7-4;/h1-3H,(H2,5,6,7);1H/i/hD. The molecule has 0 fully saturated rings. The normalized spacial score (nSPS) is 8.38. The van der Waals surface area contributed by atoms with Crippen molar-refractivity contribution < 1.29 is 0 Å². The molecule has 0 aliphatic rings. The van der Waals surface area contributed by atoms with Crippen LogP contribution in [-0.4, -0.2) is 11.1 Å². The molecule has 44 valence electrons. The summed E-state index contributed by atoms with van der Waals surface area (Å²) < 4.78 is 5.22. The number of rotatable bonds is 0. The van der Waals surface area contributed by atoms with E-state index in [1.165, 1.54) is 6.33 Å². The van der Waals surface area contributed by atoms with E-state index in [1.54, 1.807) is 12.3 Å². The number of aromatic nitrogens is 2. The van der Waals surface area contributed by atoms with Crippen LogP contribution >= 0.6 is 12.3 Å². The van der Waals surface area contributed by atoms with E-state index in [0.717, 1.165) is 0 Å². The molecule has 0 atom stereocenters. The van der Waals surface area contributed by atoms with Crippen molar-refractivity contribution in [3.8, 4) is 0 Å². The van der Waals surface area contributed by atoms with Gasteiger partial charge >= 0.3 is 0 Å². The highest BCUT2D eigenvalue weighted by Gasteiger charge is 1.74. The van der Waals surface area contributed by atoms with Crippen LogP contribution < -0.4 is 5.73 Å². The molecular formula is C4H6ClN3. The minimum absolute atomic E-state index is 0.509. The minimum atomic E-state index is 0.509. The molecule has 0 unspecified atom stereocenters. The number of halogens is 1. The van der Waals surface area contributed by atoms with Crippen LogP contribution in [-0.2, 0) is 0 Å². The quantitative estimate of drug-likeness (QED) is 0.559. The lowest BCUT2D eigenvalue weighted by Gasteiger charge is -1.82. The van der Waals surface area contributed by atoms with Crippen LogP contribution in [0.3, 0.4) is 0 Å². The van der Waals surface area contributed by atoms with Crippen molar-refractivity contribution in [3.05, 3.63) is 18.6 Å². The Morgan fingerprint density at radius 3 is 2.75 bits per heavy atom. The van der Waals surface area contributed by atoms with Gasteiger partial charge in [-0.25, -0.2) is 9.97 Å². The third-order valence-corrected chi connectivity index (χ3v) is 0.605. The van der Waals surface area contributed by atoms with E-state index in [1.807, 2.05) is 0 Å². The molecule has 2 N–H and O–H groups in total. The van der Waals surface area contributed by atoms with Gasteiger partial charge in [0, 0.05) is 6.20 Å². The van der Waals surface area contributed by atoms with Gasteiger partial charge in [-0.05, 0) is 6.07 Å². The van der Waals surface area contributed by atoms with Crippen LogP contribution in [0.5, 0.6) is 0 Å². The maximum absolute atomic E-state index is 5.22. The molecule has 0 aliphatic heterocycles. The van der Waals surface area contributed by atoms with Gasteiger partial charge < -0.3 is 5.73 Å². The molecule has 8 heavy (non-hydrogen) atoms. The predicted octanol–water partition coefficient (Wildman–Crippen LogP) is 0.481. The average molecular weight is 133 g/mol. The zero-order chi connectivity index (χ0) is 7.11. The van der Waals surface area contributed by atoms with Crippen molar-refractivity contribution in [2.24, 2.45) is 0 Å².